The summed E-state index contributed by atoms with van der Waals surface area (Å²) < 4.78 is 0. The normalized spacial score (nSPS) is 15.5. The van der Waals surface area contributed by atoms with Crippen molar-refractivity contribution >= 4 is 28.2 Å². The molecule has 0 saturated carbocycles. The number of rotatable bonds is 3. The van der Waals surface area contributed by atoms with Crippen LogP contribution in [0.3, 0.4) is 0 Å². The number of anilines is 2. The van der Waals surface area contributed by atoms with Gasteiger partial charge in [-0.15, -0.1) is 0 Å². The van der Waals surface area contributed by atoms with E-state index in [2.05, 4.69) is 37.3 Å². The number of aromatic amines is 1. The third kappa shape index (κ3) is 3.32. The van der Waals surface area contributed by atoms with Crippen LogP contribution < -0.4 is 10.2 Å². The molecule has 2 N–H and O–H groups in total. The fourth-order valence-electron chi connectivity index (χ4n) is 3.01. The number of hydrogen-bond donors (Lipinski definition) is 2. The minimum absolute atomic E-state index is 0.213. The summed E-state index contributed by atoms with van der Waals surface area (Å²) >= 11 is 0. The number of amides is 1. The van der Waals surface area contributed by atoms with Gasteiger partial charge in [-0.1, -0.05) is 0 Å². The van der Waals surface area contributed by atoms with E-state index in [1.807, 2.05) is 30.3 Å². The van der Waals surface area contributed by atoms with Crippen molar-refractivity contribution in [3.8, 4) is 0 Å². The van der Waals surface area contributed by atoms with E-state index in [9.17, 15) is 4.79 Å². The Morgan fingerprint density at radius 3 is 2.84 bits per heavy atom. The lowest BCUT2D eigenvalue weighted by Crippen LogP contribution is -2.44. The summed E-state index contributed by atoms with van der Waals surface area (Å²) in [7, 11) is 2.12. The molecule has 0 bridgehead atoms. The number of carbonyl (C=O) groups excluding carboxylic acids is 1. The van der Waals surface area contributed by atoms with Gasteiger partial charge in [-0.05, 0) is 37.4 Å². The molecule has 3 heterocycles. The smallest absolute Gasteiger partial charge is 0.274 e. The van der Waals surface area contributed by atoms with Crippen molar-refractivity contribution in [1.29, 1.82) is 0 Å². The molecule has 1 aliphatic heterocycles. The highest BCUT2D eigenvalue weighted by atomic mass is 16.1. The number of benzene rings is 1. The Hall–Kier alpha value is -2.93. The molecule has 25 heavy (non-hydrogen) atoms. The van der Waals surface area contributed by atoms with Crippen LogP contribution in [0.25, 0.3) is 10.9 Å². The van der Waals surface area contributed by atoms with Gasteiger partial charge in [0.15, 0.2) is 0 Å². The summed E-state index contributed by atoms with van der Waals surface area (Å²) in [5, 5.41) is 10.8. The Bertz CT molecular complexity index is 897. The molecule has 0 radical (unpaired) electrons. The second kappa shape index (κ2) is 6.52. The number of likely N-dealkylation sites (N-methyl/N-ethyl adjacent to an activating group) is 1. The first-order valence-corrected chi connectivity index (χ1v) is 8.33. The summed E-state index contributed by atoms with van der Waals surface area (Å²) in [6, 6.07) is 9.46. The monoisotopic (exact) mass is 336 g/mol. The summed E-state index contributed by atoms with van der Waals surface area (Å²) in [4.78, 5) is 21.4. The van der Waals surface area contributed by atoms with E-state index in [0.29, 0.717) is 11.4 Å². The summed E-state index contributed by atoms with van der Waals surface area (Å²) in [6.07, 6.45) is 3.45. The van der Waals surface area contributed by atoms with Gasteiger partial charge in [-0.25, -0.2) is 0 Å². The van der Waals surface area contributed by atoms with Crippen LogP contribution in [-0.4, -0.2) is 59.2 Å². The van der Waals surface area contributed by atoms with Gasteiger partial charge in [0.2, 0.25) is 0 Å². The lowest BCUT2D eigenvalue weighted by atomic mass is 10.2. The second-order valence-electron chi connectivity index (χ2n) is 6.32. The standard InChI is InChI=1S/C18H20N6O/c1-23-6-8-24(9-7-23)15-4-5-19-17(11-15)18(25)21-14-3-2-13-12-20-22-16(13)10-14/h2-5,10-12H,6-9H2,1H3,(H,20,22)(H,21,25). The average Bonchev–Trinajstić information content (AvgIpc) is 3.10. The van der Waals surface area contributed by atoms with Crippen LogP contribution >= 0.6 is 0 Å². The van der Waals surface area contributed by atoms with Crippen LogP contribution in [0.1, 0.15) is 10.5 Å². The summed E-state index contributed by atoms with van der Waals surface area (Å²) in [5.41, 5.74) is 3.06. The van der Waals surface area contributed by atoms with Crippen LogP contribution in [0.5, 0.6) is 0 Å². The van der Waals surface area contributed by atoms with Gasteiger partial charge in [0, 0.05) is 49.1 Å². The van der Waals surface area contributed by atoms with E-state index >= 15 is 0 Å². The van der Waals surface area contributed by atoms with Crippen molar-refractivity contribution in [3.63, 3.8) is 0 Å². The van der Waals surface area contributed by atoms with Crippen molar-refractivity contribution in [2.75, 3.05) is 43.4 Å². The lowest BCUT2D eigenvalue weighted by molar-refractivity contribution is 0.102. The van der Waals surface area contributed by atoms with Crippen LogP contribution in [-0.2, 0) is 0 Å². The van der Waals surface area contributed by atoms with E-state index in [4.69, 9.17) is 0 Å². The Morgan fingerprint density at radius 2 is 2.00 bits per heavy atom. The zero-order valence-electron chi connectivity index (χ0n) is 14.1. The molecule has 4 rings (SSSR count). The SMILES string of the molecule is CN1CCN(c2ccnc(C(=O)Nc3ccc4cn[nH]c4c3)c2)CC1. The molecular weight excluding hydrogens is 316 g/mol. The number of nitrogens with zero attached hydrogens (tertiary/aromatic N) is 4. The molecule has 1 amide bonds. The van der Waals surface area contributed by atoms with Crippen molar-refractivity contribution in [1.82, 2.24) is 20.1 Å². The largest absolute Gasteiger partial charge is 0.369 e. The molecule has 1 saturated heterocycles. The number of carbonyl (C=O) groups is 1. The van der Waals surface area contributed by atoms with Crippen molar-refractivity contribution < 1.29 is 4.79 Å². The van der Waals surface area contributed by atoms with Crippen LogP contribution in [0, 0.1) is 0 Å². The number of fused-ring (bicyclic) bond motifs is 1. The maximum Gasteiger partial charge on any atom is 0.274 e. The van der Waals surface area contributed by atoms with Gasteiger partial charge in [0.1, 0.15) is 5.69 Å². The van der Waals surface area contributed by atoms with Gasteiger partial charge >= 0.3 is 0 Å². The van der Waals surface area contributed by atoms with Gasteiger partial charge in [-0.3, -0.25) is 14.9 Å². The highest BCUT2D eigenvalue weighted by molar-refractivity contribution is 6.04. The molecule has 7 heteroatoms. The number of H-pyrrole nitrogens is 1. The number of aromatic nitrogens is 3. The average molecular weight is 336 g/mol. The van der Waals surface area contributed by atoms with Gasteiger partial charge in [0.05, 0.1) is 11.7 Å². The molecule has 128 valence electrons. The molecule has 0 aliphatic carbocycles. The fourth-order valence-corrected chi connectivity index (χ4v) is 3.01. The maximum absolute atomic E-state index is 12.5. The molecule has 1 fully saturated rings. The zero-order chi connectivity index (χ0) is 17.2. The molecular formula is C18H20N6O. The first kappa shape index (κ1) is 15.6. The van der Waals surface area contributed by atoms with E-state index in [1.54, 1.807) is 12.4 Å². The lowest BCUT2D eigenvalue weighted by Gasteiger charge is -2.34. The van der Waals surface area contributed by atoms with Gasteiger partial charge in [-0.2, -0.15) is 5.10 Å². The first-order valence-electron chi connectivity index (χ1n) is 8.33. The van der Waals surface area contributed by atoms with Gasteiger partial charge in [0.25, 0.3) is 5.91 Å². The molecule has 0 atom stereocenters. The maximum atomic E-state index is 12.5. The molecule has 2 aromatic heterocycles. The van der Waals surface area contributed by atoms with Crippen LogP contribution in [0.2, 0.25) is 0 Å². The van der Waals surface area contributed by atoms with E-state index in [1.165, 1.54) is 0 Å². The number of hydrogen-bond acceptors (Lipinski definition) is 5. The van der Waals surface area contributed by atoms with Crippen molar-refractivity contribution in [2.45, 2.75) is 0 Å². The van der Waals surface area contributed by atoms with E-state index < -0.39 is 0 Å². The fraction of sp³-hybridized carbons (Fsp3) is 0.278. The first-order chi connectivity index (χ1) is 12.2. The predicted octanol–water partition coefficient (Wildman–Crippen LogP) is 1.96. The molecule has 1 aromatic carbocycles. The Kier molecular flexibility index (Phi) is 4.07. The second-order valence-corrected chi connectivity index (χ2v) is 6.32. The minimum atomic E-state index is -0.213. The number of nitrogens with one attached hydrogen (secondary N) is 2. The Balaban J connectivity index is 1.50. The predicted molar refractivity (Wildman–Crippen MR) is 98.0 cm³/mol. The Morgan fingerprint density at radius 1 is 1.16 bits per heavy atom. The quantitative estimate of drug-likeness (QED) is 0.765. The molecule has 7 nitrogen and oxygen atoms in total. The molecule has 1 aliphatic rings. The Labute approximate surface area is 145 Å². The summed E-state index contributed by atoms with van der Waals surface area (Å²) in [5.74, 6) is -0.213. The number of piperazine rings is 1. The minimum Gasteiger partial charge on any atom is -0.369 e. The highest BCUT2D eigenvalue weighted by Crippen LogP contribution is 2.19. The molecule has 3 aromatic rings. The molecule has 0 unspecified atom stereocenters. The highest BCUT2D eigenvalue weighted by Gasteiger charge is 2.16. The van der Waals surface area contributed by atoms with Crippen molar-refractivity contribution in [3.05, 3.63) is 48.4 Å². The molecule has 0 spiro atoms. The van der Waals surface area contributed by atoms with Crippen molar-refractivity contribution in [2.24, 2.45) is 0 Å². The van der Waals surface area contributed by atoms with E-state index in [0.717, 1.165) is 42.8 Å². The topological polar surface area (TPSA) is 77.2 Å². The van der Waals surface area contributed by atoms with Crippen LogP contribution in [0.15, 0.2) is 42.7 Å². The third-order valence-corrected chi connectivity index (χ3v) is 4.54. The number of pyridine rings is 1. The van der Waals surface area contributed by atoms with Crippen LogP contribution in [0.4, 0.5) is 11.4 Å². The van der Waals surface area contributed by atoms with E-state index in [-0.39, 0.29) is 5.91 Å². The van der Waals surface area contributed by atoms with Gasteiger partial charge < -0.3 is 15.1 Å². The third-order valence-electron chi connectivity index (χ3n) is 4.54. The summed E-state index contributed by atoms with van der Waals surface area (Å²) in [6.45, 7) is 3.96. The zero-order valence-corrected chi connectivity index (χ0v) is 14.1.